The molecule has 3 rings (SSSR count). The first-order valence-corrected chi connectivity index (χ1v) is 11.6. The molecule has 28 heavy (non-hydrogen) atoms. The summed E-state index contributed by atoms with van der Waals surface area (Å²) in [6.45, 7) is 1.63. The van der Waals surface area contributed by atoms with E-state index >= 15 is 0 Å². The van der Waals surface area contributed by atoms with Gasteiger partial charge in [-0.1, -0.05) is 24.3 Å². The average molecular weight is 400 g/mol. The Balaban J connectivity index is 1.49. The van der Waals surface area contributed by atoms with Gasteiger partial charge in [0.1, 0.15) is 5.75 Å². The van der Waals surface area contributed by atoms with Crippen molar-refractivity contribution in [1.82, 2.24) is 4.90 Å². The molecule has 1 aliphatic rings. The van der Waals surface area contributed by atoms with Crippen molar-refractivity contribution in [2.24, 2.45) is 5.92 Å². The first-order chi connectivity index (χ1) is 13.5. The fraction of sp³-hybridized carbons (Fsp3) is 0.435. The number of benzene rings is 2. The third kappa shape index (κ3) is 5.68. The number of methoxy groups -OCH3 is 1. The zero-order chi connectivity index (χ0) is 19.9. The van der Waals surface area contributed by atoms with Gasteiger partial charge in [0.15, 0.2) is 0 Å². The largest absolute Gasteiger partial charge is 0.497 e. The molecule has 1 aliphatic heterocycles. The van der Waals surface area contributed by atoms with Gasteiger partial charge in [0.05, 0.1) is 7.11 Å². The van der Waals surface area contributed by atoms with Gasteiger partial charge in [0.2, 0.25) is 0 Å². The number of ether oxygens (including phenoxy) is 1. The normalized spacial score (nSPS) is 16.0. The minimum atomic E-state index is -0.900. The smallest absolute Gasteiger partial charge is 0.253 e. The third-order valence-electron chi connectivity index (χ3n) is 5.45. The zero-order valence-corrected chi connectivity index (χ0v) is 17.5. The monoisotopic (exact) mass is 399 g/mol. The molecule has 1 atom stereocenters. The van der Waals surface area contributed by atoms with Crippen LogP contribution in [0.5, 0.6) is 5.75 Å². The lowest BCUT2D eigenvalue weighted by atomic mass is 9.90. The molecule has 1 heterocycles. The molecular weight excluding hydrogens is 370 g/mol. The number of likely N-dealkylation sites (tertiary alicyclic amines) is 1. The van der Waals surface area contributed by atoms with Crippen molar-refractivity contribution in [2.45, 2.75) is 31.4 Å². The maximum atomic E-state index is 12.8. The van der Waals surface area contributed by atoms with E-state index in [1.54, 1.807) is 13.4 Å². The Kier molecular flexibility index (Phi) is 7.26. The highest BCUT2D eigenvalue weighted by atomic mass is 32.2. The zero-order valence-electron chi connectivity index (χ0n) is 16.7. The van der Waals surface area contributed by atoms with E-state index in [1.165, 1.54) is 5.56 Å². The van der Waals surface area contributed by atoms with E-state index in [0.29, 0.717) is 17.2 Å². The fourth-order valence-electron chi connectivity index (χ4n) is 3.80. The van der Waals surface area contributed by atoms with E-state index < -0.39 is 10.8 Å². The topological polar surface area (TPSA) is 46.6 Å². The van der Waals surface area contributed by atoms with Crippen LogP contribution in [0.15, 0.2) is 48.5 Å². The van der Waals surface area contributed by atoms with Crippen molar-refractivity contribution < 1.29 is 13.7 Å². The molecule has 0 aliphatic carbocycles. The van der Waals surface area contributed by atoms with Gasteiger partial charge in [-0.05, 0) is 67.0 Å². The maximum absolute atomic E-state index is 12.8. The number of hydrogen-bond donors (Lipinski definition) is 0. The van der Waals surface area contributed by atoms with Gasteiger partial charge in [-0.15, -0.1) is 0 Å². The van der Waals surface area contributed by atoms with Crippen molar-refractivity contribution in [3.05, 3.63) is 65.2 Å². The summed E-state index contributed by atoms with van der Waals surface area (Å²) >= 11 is 0. The fourth-order valence-corrected chi connectivity index (χ4v) is 4.45. The van der Waals surface area contributed by atoms with Crippen LogP contribution in [0, 0.1) is 5.92 Å². The van der Waals surface area contributed by atoms with Crippen LogP contribution in [0.3, 0.4) is 0 Å². The molecule has 1 fully saturated rings. The summed E-state index contributed by atoms with van der Waals surface area (Å²) in [7, 11) is 0.786. The number of hydrogen-bond acceptors (Lipinski definition) is 3. The summed E-state index contributed by atoms with van der Waals surface area (Å²) in [4.78, 5) is 14.8. The molecule has 0 N–H and O–H groups in total. The Bertz CT molecular complexity index is 811. The molecular formula is C23H29NO3S. The molecule has 150 valence electrons. The molecule has 0 spiro atoms. The van der Waals surface area contributed by atoms with E-state index in [0.717, 1.165) is 50.1 Å². The Hall–Kier alpha value is -2.14. The second kappa shape index (κ2) is 9.87. The van der Waals surface area contributed by atoms with Crippen LogP contribution < -0.4 is 4.74 Å². The van der Waals surface area contributed by atoms with Gasteiger partial charge in [-0.25, -0.2) is 0 Å². The van der Waals surface area contributed by atoms with Crippen LogP contribution in [0.25, 0.3) is 0 Å². The van der Waals surface area contributed by atoms with Crippen molar-refractivity contribution in [3.8, 4) is 5.75 Å². The summed E-state index contributed by atoms with van der Waals surface area (Å²) in [5.74, 6) is 2.15. The van der Waals surface area contributed by atoms with Gasteiger partial charge < -0.3 is 9.64 Å². The number of rotatable bonds is 7. The van der Waals surface area contributed by atoms with Crippen LogP contribution in [0.2, 0.25) is 0 Å². The first-order valence-electron chi connectivity index (χ1n) is 9.86. The molecule has 1 unspecified atom stereocenters. The highest BCUT2D eigenvalue weighted by Gasteiger charge is 2.23. The molecule has 4 nitrogen and oxygen atoms in total. The summed E-state index contributed by atoms with van der Waals surface area (Å²) in [5, 5.41) is 0. The molecule has 1 amide bonds. The summed E-state index contributed by atoms with van der Waals surface area (Å²) in [6.07, 6.45) is 6.03. The van der Waals surface area contributed by atoms with Crippen molar-refractivity contribution in [1.29, 1.82) is 0 Å². The van der Waals surface area contributed by atoms with Gasteiger partial charge in [-0.3, -0.25) is 9.00 Å². The molecule has 0 radical (unpaired) electrons. The second-order valence-electron chi connectivity index (χ2n) is 7.54. The Morgan fingerprint density at radius 2 is 1.82 bits per heavy atom. The average Bonchev–Trinajstić information content (AvgIpc) is 2.72. The van der Waals surface area contributed by atoms with Crippen molar-refractivity contribution >= 4 is 16.7 Å². The lowest BCUT2D eigenvalue weighted by molar-refractivity contribution is 0.0687. The minimum Gasteiger partial charge on any atom is -0.497 e. The van der Waals surface area contributed by atoms with Crippen molar-refractivity contribution in [3.63, 3.8) is 0 Å². The molecule has 2 aromatic rings. The van der Waals surface area contributed by atoms with Gasteiger partial charge >= 0.3 is 0 Å². The predicted molar refractivity (Wildman–Crippen MR) is 114 cm³/mol. The van der Waals surface area contributed by atoms with Crippen LogP contribution >= 0.6 is 0 Å². The lowest BCUT2D eigenvalue weighted by Crippen LogP contribution is -2.38. The number of carbonyl (C=O) groups is 1. The van der Waals surface area contributed by atoms with Crippen LogP contribution in [-0.4, -0.2) is 41.5 Å². The highest BCUT2D eigenvalue weighted by molar-refractivity contribution is 7.83. The molecule has 5 heteroatoms. The minimum absolute atomic E-state index is 0.0948. The molecule has 0 aromatic heterocycles. The molecule has 0 bridgehead atoms. The molecule has 1 saturated heterocycles. The van der Waals surface area contributed by atoms with E-state index in [9.17, 15) is 9.00 Å². The SMILES string of the molecule is COc1ccc(CCC2CCN(C(=O)c3cccc(CS(C)=O)c3)CC2)cc1. The van der Waals surface area contributed by atoms with Crippen LogP contribution in [0.1, 0.15) is 40.7 Å². The summed E-state index contributed by atoms with van der Waals surface area (Å²) in [6, 6.07) is 15.9. The summed E-state index contributed by atoms with van der Waals surface area (Å²) in [5.41, 5.74) is 3.00. The van der Waals surface area contributed by atoms with Crippen LogP contribution in [-0.2, 0) is 23.0 Å². The third-order valence-corrected chi connectivity index (χ3v) is 6.19. The van der Waals surface area contributed by atoms with Gasteiger partial charge in [0, 0.05) is 41.5 Å². The van der Waals surface area contributed by atoms with Gasteiger partial charge in [0.25, 0.3) is 5.91 Å². The summed E-state index contributed by atoms with van der Waals surface area (Å²) < 4.78 is 16.6. The number of nitrogens with zero attached hydrogens (tertiary/aromatic N) is 1. The quantitative estimate of drug-likeness (QED) is 0.705. The number of piperidine rings is 1. The van der Waals surface area contributed by atoms with E-state index in [2.05, 4.69) is 12.1 Å². The Morgan fingerprint density at radius 1 is 1.11 bits per heavy atom. The predicted octanol–water partition coefficient (Wildman–Crippen LogP) is 4.06. The van der Waals surface area contributed by atoms with Crippen molar-refractivity contribution in [2.75, 3.05) is 26.5 Å². The maximum Gasteiger partial charge on any atom is 0.253 e. The van der Waals surface area contributed by atoms with Crippen LogP contribution in [0.4, 0.5) is 0 Å². The van der Waals surface area contributed by atoms with E-state index in [-0.39, 0.29) is 5.91 Å². The Morgan fingerprint density at radius 3 is 2.46 bits per heavy atom. The molecule has 0 saturated carbocycles. The molecule has 2 aromatic carbocycles. The van der Waals surface area contributed by atoms with E-state index in [4.69, 9.17) is 4.74 Å². The lowest BCUT2D eigenvalue weighted by Gasteiger charge is -2.32. The standard InChI is InChI=1S/C23H29NO3S/c1-27-22-10-8-18(9-11-22)6-7-19-12-14-24(15-13-19)23(25)21-5-3-4-20(16-21)17-28(2)26/h3-5,8-11,16,19H,6-7,12-15,17H2,1-2H3. The second-order valence-corrected chi connectivity index (χ2v) is 8.98. The van der Waals surface area contributed by atoms with Gasteiger partial charge in [-0.2, -0.15) is 0 Å². The number of carbonyl (C=O) groups excluding carboxylic acids is 1. The van der Waals surface area contributed by atoms with E-state index in [1.807, 2.05) is 41.3 Å². The number of aryl methyl sites for hydroxylation is 1. The highest BCUT2D eigenvalue weighted by Crippen LogP contribution is 2.24. The first kappa shape index (κ1) is 20.6. The Labute approximate surface area is 170 Å². The number of amides is 1.